The molecule has 5 atom stereocenters. The molecule has 5 unspecified atom stereocenters. The number of halogens is 7. The minimum atomic E-state index is -0.250. The van der Waals surface area contributed by atoms with E-state index in [-0.39, 0.29) is 26.9 Å². The van der Waals surface area contributed by atoms with Gasteiger partial charge < -0.3 is 0 Å². The maximum Gasteiger partial charge on any atom is 0.0634 e. The molecule has 0 bridgehead atoms. The quantitative estimate of drug-likeness (QED) is 0.450. The van der Waals surface area contributed by atoms with Crippen molar-refractivity contribution in [1.82, 2.24) is 0 Å². The van der Waals surface area contributed by atoms with E-state index >= 15 is 0 Å². The summed E-state index contributed by atoms with van der Waals surface area (Å²) in [5.74, 6) is 0.686. The van der Waals surface area contributed by atoms with Crippen molar-refractivity contribution < 1.29 is 0 Å². The fourth-order valence-electron chi connectivity index (χ4n) is 1.23. The molecule has 0 fully saturated rings. The molecule has 0 aliphatic carbocycles. The van der Waals surface area contributed by atoms with E-state index in [0.29, 0.717) is 31.0 Å². The fraction of sp³-hybridized carbons (Fsp3) is 1.00. The van der Waals surface area contributed by atoms with E-state index in [4.69, 9.17) is 81.2 Å². The highest BCUT2D eigenvalue weighted by molar-refractivity contribution is 6.34. The smallest absolute Gasteiger partial charge is 0.0634 e. The molecule has 0 aliphatic heterocycles. The second-order valence-electron chi connectivity index (χ2n) is 3.78. The summed E-state index contributed by atoms with van der Waals surface area (Å²) >= 11 is 41.3. The van der Waals surface area contributed by atoms with Crippen LogP contribution in [0, 0.1) is 0 Å². The van der Waals surface area contributed by atoms with Crippen molar-refractivity contribution in [2.24, 2.45) is 0 Å². The Bertz CT molecular complexity index is 189. The van der Waals surface area contributed by atoms with Crippen LogP contribution in [0.1, 0.15) is 19.3 Å². The summed E-state index contributed by atoms with van der Waals surface area (Å²) in [7, 11) is 0. The van der Waals surface area contributed by atoms with Gasteiger partial charge in [-0.2, -0.15) is 0 Å². The van der Waals surface area contributed by atoms with Gasteiger partial charge in [-0.05, 0) is 19.3 Å². The zero-order valence-corrected chi connectivity index (χ0v) is 14.4. The first-order chi connectivity index (χ1) is 7.92. The highest BCUT2D eigenvalue weighted by Gasteiger charge is 2.23. The maximum atomic E-state index is 6.16. The Kier molecular flexibility index (Phi) is 12.1. The molecule has 0 spiro atoms. The molecule has 104 valence electrons. The van der Waals surface area contributed by atoms with Gasteiger partial charge in [0, 0.05) is 17.1 Å². The molecular weight excluding hydrogens is 368 g/mol. The first-order valence-corrected chi connectivity index (χ1v) is 8.49. The van der Waals surface area contributed by atoms with E-state index in [0.717, 1.165) is 0 Å². The molecule has 0 aromatic rings. The normalized spacial score (nSPS) is 20.6. The molecule has 0 aromatic heterocycles. The zero-order valence-electron chi connectivity index (χ0n) is 9.07. The highest BCUT2D eigenvalue weighted by atomic mass is 35.5. The number of rotatable bonds is 9. The zero-order chi connectivity index (χ0) is 13.4. The third-order valence-electron chi connectivity index (χ3n) is 2.30. The second kappa shape index (κ2) is 10.8. The molecule has 0 saturated carbocycles. The summed E-state index contributed by atoms with van der Waals surface area (Å²) in [6, 6.07) is 0. The number of hydrogen-bond donors (Lipinski definition) is 0. The third kappa shape index (κ3) is 8.74. The van der Waals surface area contributed by atoms with E-state index in [1.54, 1.807) is 0 Å². The van der Waals surface area contributed by atoms with Gasteiger partial charge in [0.15, 0.2) is 0 Å². The molecule has 0 rings (SSSR count). The first kappa shape index (κ1) is 19.0. The lowest BCUT2D eigenvalue weighted by molar-refractivity contribution is 0.607. The van der Waals surface area contributed by atoms with E-state index < -0.39 is 0 Å². The van der Waals surface area contributed by atoms with Crippen LogP contribution in [0.15, 0.2) is 0 Å². The Labute approximate surface area is 138 Å². The van der Waals surface area contributed by atoms with Gasteiger partial charge in [0.05, 0.1) is 21.5 Å². The maximum absolute atomic E-state index is 6.16. The van der Waals surface area contributed by atoms with Gasteiger partial charge in [-0.25, -0.2) is 0 Å². The Hall–Kier alpha value is 2.03. The van der Waals surface area contributed by atoms with Crippen molar-refractivity contribution >= 4 is 81.2 Å². The molecule has 0 nitrogen and oxygen atoms in total. The predicted octanol–water partition coefficient (Wildman–Crippen LogP) is 5.67. The summed E-state index contributed by atoms with van der Waals surface area (Å²) in [4.78, 5) is 0. The van der Waals surface area contributed by atoms with Crippen LogP contribution in [0.4, 0.5) is 0 Å². The summed E-state index contributed by atoms with van der Waals surface area (Å²) in [5, 5.41) is -1.01. The Morgan fingerprint density at radius 1 is 0.588 bits per heavy atom. The van der Waals surface area contributed by atoms with Crippen LogP contribution in [-0.2, 0) is 0 Å². The van der Waals surface area contributed by atoms with Gasteiger partial charge >= 0.3 is 0 Å². The summed E-state index contributed by atoms with van der Waals surface area (Å²) < 4.78 is 0. The molecule has 17 heavy (non-hydrogen) atoms. The van der Waals surface area contributed by atoms with Crippen LogP contribution in [0.2, 0.25) is 0 Å². The fourth-order valence-corrected chi connectivity index (χ4v) is 2.86. The lowest BCUT2D eigenvalue weighted by Gasteiger charge is -2.20. The Morgan fingerprint density at radius 3 is 1.47 bits per heavy atom. The van der Waals surface area contributed by atoms with Gasteiger partial charge in [0.1, 0.15) is 0 Å². The average Bonchev–Trinajstić information content (AvgIpc) is 2.33. The second-order valence-corrected chi connectivity index (χ2v) is 7.26. The summed E-state index contributed by atoms with van der Waals surface area (Å²) in [6.45, 7) is 0. The Morgan fingerprint density at radius 2 is 1.06 bits per heavy atom. The molecule has 0 radical (unpaired) electrons. The molecule has 0 heterocycles. The Balaban J connectivity index is 3.88. The molecule has 7 heteroatoms. The molecule has 0 aromatic carbocycles. The van der Waals surface area contributed by atoms with E-state index in [2.05, 4.69) is 0 Å². The van der Waals surface area contributed by atoms with Crippen molar-refractivity contribution in [2.45, 2.75) is 46.1 Å². The van der Waals surface area contributed by atoms with Crippen molar-refractivity contribution in [3.8, 4) is 0 Å². The van der Waals surface area contributed by atoms with E-state index in [1.807, 2.05) is 0 Å². The minimum Gasteiger partial charge on any atom is -0.125 e. The SMILES string of the molecule is ClCC(Cl)CC(Cl)C(Cl)CCC(Cl)C(Cl)CCl. The topological polar surface area (TPSA) is 0 Å². The van der Waals surface area contributed by atoms with Gasteiger partial charge in [0.2, 0.25) is 0 Å². The largest absolute Gasteiger partial charge is 0.125 e. The summed E-state index contributed by atoms with van der Waals surface area (Å²) in [5.41, 5.74) is 0. The molecule has 0 saturated heterocycles. The van der Waals surface area contributed by atoms with Crippen LogP contribution >= 0.6 is 81.2 Å². The lowest BCUT2D eigenvalue weighted by Crippen LogP contribution is -2.23. The van der Waals surface area contributed by atoms with Crippen molar-refractivity contribution in [2.75, 3.05) is 11.8 Å². The first-order valence-electron chi connectivity index (χ1n) is 5.24. The number of hydrogen-bond acceptors (Lipinski definition) is 0. The predicted molar refractivity (Wildman–Crippen MR) is 83.5 cm³/mol. The van der Waals surface area contributed by atoms with E-state index in [9.17, 15) is 0 Å². The molecule has 0 aliphatic rings. The molecule has 0 amide bonds. The molecular formula is C10H15Cl7. The number of alkyl halides is 7. The standard InChI is InChI=1S/C10H15Cl7/c11-4-6(13)3-9(16)7(14)1-2-8(15)10(17)5-12/h6-10H,1-5H2. The van der Waals surface area contributed by atoms with Crippen LogP contribution in [0.5, 0.6) is 0 Å². The van der Waals surface area contributed by atoms with E-state index in [1.165, 1.54) is 0 Å². The molecule has 0 N–H and O–H groups in total. The minimum absolute atomic E-state index is 0.157. The van der Waals surface area contributed by atoms with Gasteiger partial charge in [-0.1, -0.05) is 0 Å². The van der Waals surface area contributed by atoms with Crippen molar-refractivity contribution in [3.05, 3.63) is 0 Å². The summed E-state index contributed by atoms with van der Waals surface area (Å²) in [6.07, 6.45) is 1.93. The van der Waals surface area contributed by atoms with Crippen LogP contribution < -0.4 is 0 Å². The van der Waals surface area contributed by atoms with Crippen LogP contribution in [0.25, 0.3) is 0 Å². The van der Waals surface area contributed by atoms with Crippen LogP contribution in [0.3, 0.4) is 0 Å². The average molecular weight is 383 g/mol. The van der Waals surface area contributed by atoms with Crippen LogP contribution in [-0.4, -0.2) is 38.6 Å². The third-order valence-corrected chi connectivity index (χ3v) is 5.90. The van der Waals surface area contributed by atoms with Gasteiger partial charge in [-0.3, -0.25) is 0 Å². The van der Waals surface area contributed by atoms with Gasteiger partial charge in [0.25, 0.3) is 0 Å². The van der Waals surface area contributed by atoms with Crippen molar-refractivity contribution in [1.29, 1.82) is 0 Å². The highest BCUT2D eigenvalue weighted by Crippen LogP contribution is 2.25. The monoisotopic (exact) mass is 380 g/mol. The lowest BCUT2D eigenvalue weighted by atomic mass is 10.1. The van der Waals surface area contributed by atoms with Crippen molar-refractivity contribution in [3.63, 3.8) is 0 Å². The van der Waals surface area contributed by atoms with Gasteiger partial charge in [-0.15, -0.1) is 81.2 Å².